The zero-order valence-corrected chi connectivity index (χ0v) is 16.9. The molecule has 9 nitrogen and oxygen atoms in total. The van der Waals surface area contributed by atoms with Crippen LogP contribution >= 0.6 is 0 Å². The summed E-state index contributed by atoms with van der Waals surface area (Å²) in [6, 6.07) is -0.205. The van der Waals surface area contributed by atoms with Crippen LogP contribution in [0.4, 0.5) is 15.0 Å². The van der Waals surface area contributed by atoms with E-state index in [-0.39, 0.29) is 24.6 Å². The summed E-state index contributed by atoms with van der Waals surface area (Å²) in [4.78, 5) is 22.6. The molecule has 1 unspecified atom stereocenters. The number of nitrogens with one attached hydrogen (secondary N) is 4. The second-order valence-electron chi connectivity index (χ2n) is 7.60. The first kappa shape index (κ1) is 20.1. The summed E-state index contributed by atoms with van der Waals surface area (Å²) in [6.07, 6.45) is 11.0. The Morgan fingerprint density at radius 3 is 3.13 bits per heavy atom. The fourth-order valence-corrected chi connectivity index (χ4v) is 3.97. The molecule has 0 saturated carbocycles. The van der Waals surface area contributed by atoms with Gasteiger partial charge >= 0.3 is 6.03 Å². The summed E-state index contributed by atoms with van der Waals surface area (Å²) in [7, 11) is 0. The SMILES string of the molecule is CCNC(=O)N1CCCC[C@]1(N)CNc1nc(C2=CNC3NC=CC=C23)ncc1F. The van der Waals surface area contributed by atoms with Gasteiger partial charge in [-0.2, -0.15) is 0 Å². The smallest absolute Gasteiger partial charge is 0.318 e. The molecule has 2 atom stereocenters. The maximum Gasteiger partial charge on any atom is 0.318 e. The van der Waals surface area contributed by atoms with E-state index in [0.717, 1.165) is 30.2 Å². The zero-order chi connectivity index (χ0) is 21.1. The number of hydrogen-bond donors (Lipinski definition) is 5. The Balaban J connectivity index is 1.52. The molecule has 30 heavy (non-hydrogen) atoms. The molecule has 0 aliphatic carbocycles. The Bertz CT molecular complexity index is 914. The van der Waals surface area contributed by atoms with Crippen LogP contribution in [-0.2, 0) is 0 Å². The topological polar surface area (TPSA) is 120 Å². The highest BCUT2D eigenvalue weighted by Gasteiger charge is 2.38. The third kappa shape index (κ3) is 3.82. The fraction of sp³-hybridized carbons (Fsp3) is 0.450. The van der Waals surface area contributed by atoms with Gasteiger partial charge in [0.05, 0.1) is 12.7 Å². The molecule has 0 spiro atoms. The largest absolute Gasteiger partial charge is 0.368 e. The lowest BCUT2D eigenvalue weighted by molar-refractivity contribution is 0.0896. The van der Waals surface area contributed by atoms with Gasteiger partial charge < -0.3 is 31.9 Å². The van der Waals surface area contributed by atoms with Crippen LogP contribution in [0.3, 0.4) is 0 Å². The molecule has 1 saturated heterocycles. The molecule has 4 heterocycles. The number of piperidine rings is 1. The van der Waals surface area contributed by atoms with Crippen LogP contribution in [0.25, 0.3) is 5.57 Å². The van der Waals surface area contributed by atoms with Gasteiger partial charge in [-0.1, -0.05) is 6.08 Å². The van der Waals surface area contributed by atoms with Gasteiger partial charge in [0, 0.05) is 30.4 Å². The lowest BCUT2D eigenvalue weighted by atomic mass is 9.96. The number of allylic oxidation sites excluding steroid dienone is 2. The van der Waals surface area contributed by atoms with Crippen LogP contribution in [-0.4, -0.2) is 52.4 Å². The van der Waals surface area contributed by atoms with Crippen LogP contribution in [0.2, 0.25) is 0 Å². The quantitative estimate of drug-likeness (QED) is 0.491. The van der Waals surface area contributed by atoms with Gasteiger partial charge in [0.2, 0.25) is 0 Å². The number of amides is 2. The molecule has 160 valence electrons. The highest BCUT2D eigenvalue weighted by Crippen LogP contribution is 2.29. The van der Waals surface area contributed by atoms with Crippen molar-refractivity contribution in [2.75, 3.05) is 25.0 Å². The summed E-state index contributed by atoms with van der Waals surface area (Å²) in [5, 5.41) is 12.2. The Kier molecular flexibility index (Phi) is 5.58. The lowest BCUT2D eigenvalue weighted by Gasteiger charge is -2.44. The number of carbonyl (C=O) groups excluding carboxylic acids is 1. The van der Waals surface area contributed by atoms with E-state index in [0.29, 0.717) is 25.3 Å². The molecule has 2 amide bonds. The number of hydrogen-bond acceptors (Lipinski definition) is 7. The standard InChI is InChI=1S/C20H27FN8O/c1-2-23-19(30)29-9-4-3-7-20(29,22)12-27-18-15(21)11-26-17(28-18)14-10-25-16-13(14)6-5-8-24-16/h5-6,8,10-11,16,24-25H,2-4,7,9,12,22H2,1H3,(H,23,30)(H,26,27,28)/t16?,20-/m1/s1. The van der Waals surface area contributed by atoms with Gasteiger partial charge in [0.15, 0.2) is 17.5 Å². The molecule has 1 fully saturated rings. The summed E-state index contributed by atoms with van der Waals surface area (Å²) in [6.45, 7) is 3.13. The molecule has 1 aromatic rings. The predicted molar refractivity (Wildman–Crippen MR) is 112 cm³/mol. The number of dihydropyridines is 1. The van der Waals surface area contributed by atoms with Crippen LogP contribution < -0.4 is 27.0 Å². The van der Waals surface area contributed by atoms with E-state index < -0.39 is 11.5 Å². The number of fused-ring (bicyclic) bond motifs is 1. The van der Waals surface area contributed by atoms with Crippen molar-refractivity contribution < 1.29 is 9.18 Å². The Morgan fingerprint density at radius 1 is 1.43 bits per heavy atom. The van der Waals surface area contributed by atoms with Gasteiger partial charge in [0.25, 0.3) is 0 Å². The summed E-state index contributed by atoms with van der Waals surface area (Å²) < 4.78 is 14.5. The average molecular weight is 414 g/mol. The van der Waals surface area contributed by atoms with Crippen LogP contribution in [0.15, 0.2) is 36.3 Å². The second-order valence-corrected chi connectivity index (χ2v) is 7.60. The third-order valence-electron chi connectivity index (χ3n) is 5.55. The Morgan fingerprint density at radius 2 is 2.30 bits per heavy atom. The maximum atomic E-state index is 14.5. The van der Waals surface area contributed by atoms with Gasteiger partial charge in [0.1, 0.15) is 11.8 Å². The number of carbonyl (C=O) groups is 1. The molecule has 1 aromatic heterocycles. The lowest BCUT2D eigenvalue weighted by Crippen LogP contribution is -2.65. The summed E-state index contributed by atoms with van der Waals surface area (Å²) in [5.74, 6) is -0.0930. The molecule has 3 aliphatic heterocycles. The van der Waals surface area contributed by atoms with E-state index >= 15 is 0 Å². The van der Waals surface area contributed by atoms with E-state index in [1.54, 1.807) is 4.90 Å². The molecule has 0 aromatic carbocycles. The normalized spacial score (nSPS) is 24.9. The summed E-state index contributed by atoms with van der Waals surface area (Å²) >= 11 is 0. The highest BCUT2D eigenvalue weighted by atomic mass is 19.1. The highest BCUT2D eigenvalue weighted by molar-refractivity contribution is 5.80. The van der Waals surface area contributed by atoms with E-state index in [1.165, 1.54) is 0 Å². The predicted octanol–water partition coefficient (Wildman–Crippen LogP) is 1.21. The number of likely N-dealkylation sites (tertiary alicyclic amines) is 1. The number of aromatic nitrogens is 2. The molecule has 4 rings (SSSR count). The first-order chi connectivity index (χ1) is 14.5. The maximum absolute atomic E-state index is 14.5. The minimum atomic E-state index is -0.922. The second kappa shape index (κ2) is 8.31. The van der Waals surface area contributed by atoms with Crippen LogP contribution in [0.5, 0.6) is 0 Å². The average Bonchev–Trinajstić information content (AvgIpc) is 3.18. The van der Waals surface area contributed by atoms with Crippen molar-refractivity contribution in [3.63, 3.8) is 0 Å². The van der Waals surface area contributed by atoms with Gasteiger partial charge in [-0.05, 0) is 38.5 Å². The Hall–Kier alpha value is -3.14. The molecule has 10 heteroatoms. The molecule has 0 radical (unpaired) electrons. The van der Waals surface area contributed by atoms with Crippen molar-refractivity contribution in [2.24, 2.45) is 5.73 Å². The number of nitrogens with zero attached hydrogens (tertiary/aromatic N) is 3. The van der Waals surface area contributed by atoms with Crippen molar-refractivity contribution in [3.8, 4) is 0 Å². The molecular weight excluding hydrogens is 387 g/mol. The van der Waals surface area contributed by atoms with E-state index in [9.17, 15) is 9.18 Å². The van der Waals surface area contributed by atoms with Gasteiger partial charge in [-0.25, -0.2) is 19.2 Å². The molecule has 0 bridgehead atoms. The van der Waals surface area contributed by atoms with Gasteiger partial charge in [-0.15, -0.1) is 0 Å². The Labute approximate surface area is 174 Å². The minimum absolute atomic E-state index is 0.0461. The van der Waals surface area contributed by atoms with E-state index in [1.807, 2.05) is 31.5 Å². The number of rotatable bonds is 5. The number of anilines is 1. The van der Waals surface area contributed by atoms with E-state index in [4.69, 9.17) is 5.73 Å². The van der Waals surface area contributed by atoms with Gasteiger partial charge in [-0.3, -0.25) is 0 Å². The number of urea groups is 1. The number of nitrogens with two attached hydrogens (primary N) is 1. The number of halogens is 1. The zero-order valence-electron chi connectivity index (χ0n) is 16.9. The minimum Gasteiger partial charge on any atom is -0.368 e. The van der Waals surface area contributed by atoms with Crippen LogP contribution in [0.1, 0.15) is 32.0 Å². The fourth-order valence-electron chi connectivity index (χ4n) is 3.97. The van der Waals surface area contributed by atoms with Crippen molar-refractivity contribution in [3.05, 3.63) is 48.0 Å². The first-order valence-electron chi connectivity index (χ1n) is 10.2. The third-order valence-corrected chi connectivity index (χ3v) is 5.55. The van der Waals surface area contributed by atoms with Crippen LogP contribution in [0, 0.1) is 5.82 Å². The van der Waals surface area contributed by atoms with Crippen molar-refractivity contribution >= 4 is 17.4 Å². The molecular formula is C20H27FN8O. The molecule has 6 N–H and O–H groups in total. The first-order valence-corrected chi connectivity index (χ1v) is 10.2. The van der Waals surface area contributed by atoms with Crippen molar-refractivity contribution in [1.82, 2.24) is 30.8 Å². The summed E-state index contributed by atoms with van der Waals surface area (Å²) in [5.41, 5.74) is 7.43. The molecule has 3 aliphatic rings. The van der Waals surface area contributed by atoms with Crippen molar-refractivity contribution in [2.45, 2.75) is 38.0 Å². The monoisotopic (exact) mass is 414 g/mol. The van der Waals surface area contributed by atoms with Crippen molar-refractivity contribution in [1.29, 1.82) is 0 Å². The van der Waals surface area contributed by atoms with E-state index in [2.05, 4.69) is 31.2 Å².